The van der Waals surface area contributed by atoms with E-state index in [1.807, 2.05) is 42.5 Å². The summed E-state index contributed by atoms with van der Waals surface area (Å²) in [5.41, 5.74) is 1.21. The van der Waals surface area contributed by atoms with E-state index in [9.17, 15) is 14.7 Å². The number of piperidine rings is 1. The lowest BCUT2D eigenvalue weighted by molar-refractivity contribution is -0.143. The van der Waals surface area contributed by atoms with Crippen LogP contribution in [0.4, 0.5) is 0 Å². The lowest BCUT2D eigenvalue weighted by Gasteiger charge is -2.31. The minimum atomic E-state index is -0.834. The van der Waals surface area contributed by atoms with Crippen molar-refractivity contribution in [2.45, 2.75) is 12.8 Å². The van der Waals surface area contributed by atoms with Crippen molar-refractivity contribution in [2.75, 3.05) is 13.1 Å². The molecule has 1 atom stereocenters. The molecule has 5 heteroatoms. The average molecular weight is 334 g/mol. The van der Waals surface area contributed by atoms with Crippen LogP contribution in [0.25, 0.3) is 21.7 Å². The second-order valence-electron chi connectivity index (χ2n) is 6.47. The molecule has 0 spiro atoms. The maximum absolute atomic E-state index is 13.1. The molecule has 1 amide bonds. The van der Waals surface area contributed by atoms with Gasteiger partial charge in [0.05, 0.1) is 17.0 Å². The van der Waals surface area contributed by atoms with Crippen LogP contribution in [0.15, 0.2) is 48.7 Å². The quantitative estimate of drug-likeness (QED) is 0.730. The van der Waals surface area contributed by atoms with Crippen LogP contribution in [-0.4, -0.2) is 40.0 Å². The number of rotatable bonds is 2. The van der Waals surface area contributed by atoms with Gasteiger partial charge in [0.25, 0.3) is 5.91 Å². The fraction of sp³-hybridized carbons (Fsp3) is 0.250. The normalized spacial score (nSPS) is 17.8. The number of likely N-dealkylation sites (tertiary alicyclic amines) is 1. The maximum Gasteiger partial charge on any atom is 0.308 e. The third-order valence-electron chi connectivity index (χ3n) is 4.90. The first-order valence-corrected chi connectivity index (χ1v) is 8.43. The molecule has 0 aliphatic carbocycles. The van der Waals surface area contributed by atoms with E-state index in [2.05, 4.69) is 4.98 Å². The summed E-state index contributed by atoms with van der Waals surface area (Å²) < 4.78 is 0. The number of carboxylic acid groups (broad SMARTS) is 1. The van der Waals surface area contributed by atoms with E-state index in [-0.39, 0.29) is 12.5 Å². The average Bonchev–Trinajstić information content (AvgIpc) is 2.67. The molecule has 1 fully saturated rings. The van der Waals surface area contributed by atoms with Crippen molar-refractivity contribution < 1.29 is 14.7 Å². The van der Waals surface area contributed by atoms with Gasteiger partial charge in [-0.15, -0.1) is 0 Å². The highest BCUT2D eigenvalue weighted by Crippen LogP contribution is 2.29. The van der Waals surface area contributed by atoms with Crippen LogP contribution in [0.2, 0.25) is 0 Å². The first-order chi connectivity index (χ1) is 12.1. The molecular weight excluding hydrogens is 316 g/mol. The molecule has 2 aromatic carbocycles. The Morgan fingerprint density at radius 3 is 2.76 bits per heavy atom. The molecule has 5 nitrogen and oxygen atoms in total. The fourth-order valence-corrected chi connectivity index (χ4v) is 3.63. The van der Waals surface area contributed by atoms with E-state index in [1.54, 1.807) is 11.1 Å². The van der Waals surface area contributed by atoms with Crippen LogP contribution in [0.3, 0.4) is 0 Å². The van der Waals surface area contributed by atoms with Gasteiger partial charge in [-0.3, -0.25) is 14.6 Å². The van der Waals surface area contributed by atoms with Crippen LogP contribution in [0.1, 0.15) is 23.2 Å². The molecule has 1 N–H and O–H groups in total. The molecule has 0 radical (unpaired) electrons. The van der Waals surface area contributed by atoms with Gasteiger partial charge in [0.15, 0.2) is 0 Å². The molecule has 1 unspecified atom stereocenters. The Bertz CT molecular complexity index is 983. The Hall–Kier alpha value is -2.95. The minimum Gasteiger partial charge on any atom is -0.481 e. The summed E-state index contributed by atoms with van der Waals surface area (Å²) >= 11 is 0. The van der Waals surface area contributed by atoms with Gasteiger partial charge in [0.2, 0.25) is 0 Å². The van der Waals surface area contributed by atoms with Crippen molar-refractivity contribution in [1.29, 1.82) is 0 Å². The molecule has 3 aromatic rings. The summed E-state index contributed by atoms with van der Waals surface area (Å²) in [6.45, 7) is 0.846. The topological polar surface area (TPSA) is 70.5 Å². The predicted octanol–water partition coefficient (Wildman–Crippen LogP) is 3.32. The maximum atomic E-state index is 13.1. The number of aliphatic carboxylic acids is 1. The van der Waals surface area contributed by atoms with Crippen molar-refractivity contribution in [1.82, 2.24) is 9.88 Å². The minimum absolute atomic E-state index is 0.139. The third-order valence-corrected chi connectivity index (χ3v) is 4.90. The highest BCUT2D eigenvalue weighted by molar-refractivity contribution is 6.15. The number of hydrogen-bond acceptors (Lipinski definition) is 3. The molecular formula is C20H18N2O3. The van der Waals surface area contributed by atoms with E-state index in [1.165, 1.54) is 0 Å². The number of benzene rings is 2. The summed E-state index contributed by atoms with van der Waals surface area (Å²) in [5, 5.41) is 12.3. The molecule has 1 aromatic heterocycles. The molecule has 0 bridgehead atoms. The molecule has 2 heterocycles. The zero-order chi connectivity index (χ0) is 17.4. The number of hydrogen-bond donors (Lipinski definition) is 1. The number of aromatic nitrogens is 1. The van der Waals surface area contributed by atoms with Crippen molar-refractivity contribution in [3.63, 3.8) is 0 Å². The van der Waals surface area contributed by atoms with Crippen LogP contribution in [0, 0.1) is 5.92 Å². The second kappa shape index (κ2) is 6.16. The Kier molecular flexibility index (Phi) is 3.84. The van der Waals surface area contributed by atoms with E-state index >= 15 is 0 Å². The van der Waals surface area contributed by atoms with Gasteiger partial charge in [0.1, 0.15) is 0 Å². The Morgan fingerprint density at radius 2 is 1.92 bits per heavy atom. The largest absolute Gasteiger partial charge is 0.481 e. The molecule has 1 aliphatic rings. The highest BCUT2D eigenvalue weighted by Gasteiger charge is 2.29. The number of carbonyl (C=O) groups is 2. The Balaban J connectivity index is 1.82. The van der Waals surface area contributed by atoms with Gasteiger partial charge in [-0.2, -0.15) is 0 Å². The Labute approximate surface area is 144 Å². The van der Waals surface area contributed by atoms with Crippen molar-refractivity contribution in [3.05, 3.63) is 54.2 Å². The monoisotopic (exact) mass is 334 g/mol. The summed E-state index contributed by atoms with van der Waals surface area (Å²) in [6.07, 6.45) is 3.02. The summed E-state index contributed by atoms with van der Waals surface area (Å²) in [5.74, 6) is -1.46. The number of pyridine rings is 1. The van der Waals surface area contributed by atoms with E-state index in [0.29, 0.717) is 30.5 Å². The van der Waals surface area contributed by atoms with Crippen LogP contribution in [0.5, 0.6) is 0 Å². The van der Waals surface area contributed by atoms with Gasteiger partial charge in [-0.1, -0.05) is 30.3 Å². The molecule has 126 valence electrons. The van der Waals surface area contributed by atoms with Gasteiger partial charge < -0.3 is 10.0 Å². The smallest absolute Gasteiger partial charge is 0.308 e. The lowest BCUT2D eigenvalue weighted by Crippen LogP contribution is -2.42. The zero-order valence-electron chi connectivity index (χ0n) is 13.7. The second-order valence-corrected chi connectivity index (χ2v) is 6.47. The first-order valence-electron chi connectivity index (χ1n) is 8.43. The third kappa shape index (κ3) is 2.71. The van der Waals surface area contributed by atoms with Crippen molar-refractivity contribution in [3.8, 4) is 0 Å². The predicted molar refractivity (Wildman–Crippen MR) is 95.5 cm³/mol. The number of amides is 1. The van der Waals surface area contributed by atoms with E-state index in [0.717, 1.165) is 16.2 Å². The van der Waals surface area contributed by atoms with E-state index in [4.69, 9.17) is 0 Å². The first kappa shape index (κ1) is 15.6. The van der Waals surface area contributed by atoms with Gasteiger partial charge in [-0.25, -0.2) is 0 Å². The SMILES string of the molecule is O=C(O)C1CCCN(C(=O)c2cc3ccccc3c3cccnc23)C1. The molecule has 4 rings (SSSR count). The van der Waals surface area contributed by atoms with Gasteiger partial charge in [-0.05, 0) is 35.7 Å². The molecule has 1 aliphatic heterocycles. The zero-order valence-corrected chi connectivity index (χ0v) is 13.7. The van der Waals surface area contributed by atoms with Crippen molar-refractivity contribution in [2.24, 2.45) is 5.92 Å². The fourth-order valence-electron chi connectivity index (χ4n) is 3.63. The van der Waals surface area contributed by atoms with Gasteiger partial charge in [0, 0.05) is 24.7 Å². The van der Waals surface area contributed by atoms with Crippen molar-refractivity contribution >= 4 is 33.6 Å². The van der Waals surface area contributed by atoms with Crippen LogP contribution >= 0.6 is 0 Å². The van der Waals surface area contributed by atoms with Crippen LogP contribution < -0.4 is 0 Å². The number of fused-ring (bicyclic) bond motifs is 3. The summed E-state index contributed by atoms with van der Waals surface area (Å²) in [7, 11) is 0. The Morgan fingerprint density at radius 1 is 1.12 bits per heavy atom. The standard InChI is InChI=1S/C20H18N2O3/c23-19(22-10-4-6-14(12-22)20(24)25)17-11-13-5-1-2-7-15(13)16-8-3-9-21-18(16)17/h1-3,5,7-9,11,14H,4,6,10,12H2,(H,24,25). The lowest BCUT2D eigenvalue weighted by atomic mass is 9.96. The molecule has 0 saturated carbocycles. The number of nitrogens with zero attached hydrogens (tertiary/aromatic N) is 2. The molecule has 1 saturated heterocycles. The summed E-state index contributed by atoms with van der Waals surface area (Å²) in [6, 6.07) is 13.6. The van der Waals surface area contributed by atoms with Gasteiger partial charge >= 0.3 is 5.97 Å². The highest BCUT2D eigenvalue weighted by atomic mass is 16.4. The number of carbonyl (C=O) groups excluding carboxylic acids is 1. The number of carboxylic acids is 1. The van der Waals surface area contributed by atoms with Crippen LogP contribution in [-0.2, 0) is 4.79 Å². The molecule has 25 heavy (non-hydrogen) atoms. The van der Waals surface area contributed by atoms with E-state index < -0.39 is 11.9 Å². The summed E-state index contributed by atoms with van der Waals surface area (Å²) in [4.78, 5) is 30.5.